The normalized spacial score (nSPS) is 11.9. The molecule has 0 amide bonds. The van der Waals surface area contributed by atoms with Crippen LogP contribution >= 0.6 is 22.7 Å². The van der Waals surface area contributed by atoms with Crippen LogP contribution in [0.5, 0.6) is 0 Å². The lowest BCUT2D eigenvalue weighted by atomic mass is 10.2. The van der Waals surface area contributed by atoms with E-state index in [1.54, 1.807) is 23.5 Å². The molecule has 0 saturated carbocycles. The maximum atomic E-state index is 13.1. The molecule has 4 rings (SSSR count). The van der Waals surface area contributed by atoms with E-state index in [1.807, 2.05) is 60.8 Å². The standard InChI is InChI=1S/C19H14O2S3/c1-13-7-9-15(10-8-13)24(20,21)19-16-11-12-22-18(16)17(23-19)14-5-3-2-4-6-14/h2-12H,1H3. The summed E-state index contributed by atoms with van der Waals surface area (Å²) in [5.74, 6) is 0. The third kappa shape index (κ3) is 2.49. The summed E-state index contributed by atoms with van der Waals surface area (Å²) in [6.45, 7) is 1.95. The fourth-order valence-corrected chi connectivity index (χ4v) is 6.97. The molecule has 0 bridgehead atoms. The Labute approximate surface area is 148 Å². The number of benzene rings is 2. The highest BCUT2D eigenvalue weighted by atomic mass is 32.2. The van der Waals surface area contributed by atoms with Crippen LogP contribution in [0.2, 0.25) is 0 Å². The van der Waals surface area contributed by atoms with Crippen LogP contribution < -0.4 is 0 Å². The molecule has 0 aliphatic heterocycles. The Hall–Kier alpha value is -1.95. The minimum atomic E-state index is -3.51. The third-order valence-corrected chi connectivity index (χ3v) is 8.52. The van der Waals surface area contributed by atoms with Gasteiger partial charge in [-0.1, -0.05) is 48.0 Å². The van der Waals surface area contributed by atoms with Crippen molar-refractivity contribution in [3.05, 3.63) is 71.6 Å². The van der Waals surface area contributed by atoms with Crippen LogP contribution in [0, 0.1) is 6.92 Å². The number of aryl methyl sites for hydroxylation is 1. The van der Waals surface area contributed by atoms with Gasteiger partial charge in [0.15, 0.2) is 0 Å². The minimum absolute atomic E-state index is 0.349. The van der Waals surface area contributed by atoms with Gasteiger partial charge in [0.2, 0.25) is 9.84 Å². The summed E-state index contributed by atoms with van der Waals surface area (Å²) in [5.41, 5.74) is 2.10. The van der Waals surface area contributed by atoms with Gasteiger partial charge in [-0.3, -0.25) is 0 Å². The van der Waals surface area contributed by atoms with E-state index in [2.05, 4.69) is 0 Å². The lowest BCUT2D eigenvalue weighted by Gasteiger charge is -2.03. The molecule has 0 spiro atoms. The molecule has 0 N–H and O–H groups in total. The number of thiophene rings is 2. The first kappa shape index (κ1) is 15.6. The van der Waals surface area contributed by atoms with Gasteiger partial charge in [0.1, 0.15) is 4.21 Å². The summed E-state index contributed by atoms with van der Waals surface area (Å²) in [6, 6.07) is 18.9. The van der Waals surface area contributed by atoms with Gasteiger partial charge in [-0.15, -0.1) is 22.7 Å². The molecule has 4 aromatic rings. The van der Waals surface area contributed by atoms with E-state index >= 15 is 0 Å². The molecule has 120 valence electrons. The van der Waals surface area contributed by atoms with E-state index in [1.165, 1.54) is 11.3 Å². The van der Waals surface area contributed by atoms with E-state index in [4.69, 9.17) is 0 Å². The van der Waals surface area contributed by atoms with Crippen molar-refractivity contribution in [3.63, 3.8) is 0 Å². The third-order valence-electron chi connectivity index (χ3n) is 3.90. The van der Waals surface area contributed by atoms with Crippen molar-refractivity contribution in [3.8, 4) is 10.4 Å². The highest BCUT2D eigenvalue weighted by Gasteiger charge is 2.25. The van der Waals surface area contributed by atoms with E-state index in [0.717, 1.165) is 26.1 Å². The number of rotatable bonds is 3. The highest BCUT2D eigenvalue weighted by Crippen LogP contribution is 2.45. The molecule has 0 aliphatic carbocycles. The summed E-state index contributed by atoms with van der Waals surface area (Å²) in [5, 5.41) is 2.78. The zero-order chi connectivity index (χ0) is 16.7. The van der Waals surface area contributed by atoms with Gasteiger partial charge in [0, 0.05) is 5.39 Å². The second-order valence-corrected chi connectivity index (χ2v) is 9.65. The molecule has 0 atom stereocenters. The molecule has 24 heavy (non-hydrogen) atoms. The van der Waals surface area contributed by atoms with Crippen molar-refractivity contribution in [2.75, 3.05) is 0 Å². The molecule has 0 saturated heterocycles. The molecule has 5 heteroatoms. The van der Waals surface area contributed by atoms with Crippen LogP contribution in [-0.4, -0.2) is 8.42 Å². The van der Waals surface area contributed by atoms with Gasteiger partial charge in [-0.25, -0.2) is 8.42 Å². The van der Waals surface area contributed by atoms with Crippen LogP contribution in [-0.2, 0) is 9.84 Å². The highest BCUT2D eigenvalue weighted by molar-refractivity contribution is 7.94. The number of hydrogen-bond acceptors (Lipinski definition) is 4. The lowest BCUT2D eigenvalue weighted by molar-refractivity contribution is 0.598. The topological polar surface area (TPSA) is 34.1 Å². The lowest BCUT2D eigenvalue weighted by Crippen LogP contribution is -1.99. The van der Waals surface area contributed by atoms with Crippen molar-refractivity contribution in [2.24, 2.45) is 0 Å². The Balaban J connectivity index is 1.95. The molecule has 0 unspecified atom stereocenters. The summed E-state index contributed by atoms with van der Waals surface area (Å²) < 4.78 is 27.7. The number of sulfone groups is 1. The summed E-state index contributed by atoms with van der Waals surface area (Å²) in [4.78, 5) is 1.37. The molecule has 2 heterocycles. The fourth-order valence-electron chi connectivity index (χ4n) is 2.64. The summed E-state index contributed by atoms with van der Waals surface area (Å²) >= 11 is 2.95. The van der Waals surface area contributed by atoms with Crippen LogP contribution in [0.15, 0.2) is 75.1 Å². The van der Waals surface area contributed by atoms with Gasteiger partial charge in [-0.2, -0.15) is 0 Å². The van der Waals surface area contributed by atoms with Crippen LogP contribution in [0.4, 0.5) is 0 Å². The zero-order valence-electron chi connectivity index (χ0n) is 12.9. The van der Waals surface area contributed by atoms with Crippen molar-refractivity contribution in [2.45, 2.75) is 16.0 Å². The average molecular weight is 371 g/mol. The monoisotopic (exact) mass is 370 g/mol. The quantitative estimate of drug-likeness (QED) is 0.459. The van der Waals surface area contributed by atoms with E-state index in [-0.39, 0.29) is 0 Å². The van der Waals surface area contributed by atoms with Crippen LogP contribution in [0.25, 0.3) is 20.5 Å². The van der Waals surface area contributed by atoms with Gasteiger partial charge in [0.05, 0.1) is 14.5 Å². The van der Waals surface area contributed by atoms with Crippen LogP contribution in [0.3, 0.4) is 0 Å². The van der Waals surface area contributed by atoms with E-state index in [0.29, 0.717) is 9.10 Å². The first-order valence-corrected chi connectivity index (χ1v) is 10.6. The summed E-state index contributed by atoms with van der Waals surface area (Å²) in [7, 11) is -3.51. The smallest absolute Gasteiger partial charge is 0.216 e. The SMILES string of the molecule is Cc1ccc(S(=O)(=O)c2sc(-c3ccccc3)c3sccc23)cc1. The van der Waals surface area contributed by atoms with Gasteiger partial charge in [-0.05, 0) is 36.1 Å². The van der Waals surface area contributed by atoms with Gasteiger partial charge in [0.25, 0.3) is 0 Å². The number of hydrogen-bond donors (Lipinski definition) is 0. The Kier molecular flexibility index (Phi) is 3.79. The maximum Gasteiger partial charge on any atom is 0.216 e. The average Bonchev–Trinajstić information content (AvgIpc) is 3.18. The maximum absolute atomic E-state index is 13.1. The molecule has 0 radical (unpaired) electrons. The number of fused-ring (bicyclic) bond motifs is 1. The first-order valence-electron chi connectivity index (χ1n) is 7.44. The molecule has 0 fully saturated rings. The fraction of sp³-hybridized carbons (Fsp3) is 0.0526. The van der Waals surface area contributed by atoms with E-state index < -0.39 is 9.84 Å². The molecular formula is C19H14O2S3. The largest absolute Gasteiger partial charge is 0.218 e. The van der Waals surface area contributed by atoms with Crippen molar-refractivity contribution in [1.82, 2.24) is 0 Å². The van der Waals surface area contributed by atoms with Gasteiger partial charge >= 0.3 is 0 Å². The summed E-state index contributed by atoms with van der Waals surface area (Å²) in [6.07, 6.45) is 0. The van der Waals surface area contributed by atoms with Crippen molar-refractivity contribution in [1.29, 1.82) is 0 Å². The Morgan fingerprint density at radius 1 is 0.875 bits per heavy atom. The molecular weight excluding hydrogens is 356 g/mol. The Bertz CT molecular complexity index is 1100. The van der Waals surface area contributed by atoms with Gasteiger partial charge < -0.3 is 0 Å². The Morgan fingerprint density at radius 3 is 2.29 bits per heavy atom. The second-order valence-electron chi connectivity index (χ2n) is 5.56. The molecule has 2 aromatic carbocycles. The van der Waals surface area contributed by atoms with E-state index in [9.17, 15) is 8.42 Å². The molecule has 0 aliphatic rings. The predicted octanol–water partition coefficient (Wildman–Crippen LogP) is 5.77. The van der Waals surface area contributed by atoms with Crippen molar-refractivity contribution < 1.29 is 8.42 Å². The molecule has 2 nitrogen and oxygen atoms in total. The Morgan fingerprint density at radius 2 is 1.58 bits per heavy atom. The predicted molar refractivity (Wildman–Crippen MR) is 102 cm³/mol. The van der Waals surface area contributed by atoms with Crippen molar-refractivity contribution >= 4 is 42.6 Å². The van der Waals surface area contributed by atoms with Crippen LogP contribution in [0.1, 0.15) is 5.56 Å². The zero-order valence-corrected chi connectivity index (χ0v) is 15.3. The molecule has 2 aromatic heterocycles. The first-order chi connectivity index (χ1) is 11.6. The minimum Gasteiger partial charge on any atom is -0.218 e. The second kappa shape index (κ2) is 5.84.